The lowest BCUT2D eigenvalue weighted by atomic mass is 10.0. The molecular weight excluding hydrogens is 236 g/mol. The maximum atomic E-state index is 11.6. The van der Waals surface area contributed by atoms with Gasteiger partial charge in [0.25, 0.3) is 0 Å². The van der Waals surface area contributed by atoms with Gasteiger partial charge >= 0.3 is 5.97 Å². The van der Waals surface area contributed by atoms with E-state index in [1.54, 1.807) is 0 Å². The molecule has 19 heavy (non-hydrogen) atoms. The number of allylic oxidation sites excluding steroid dienone is 1. The molecular formula is C17H32O2. The Hall–Kier alpha value is -0.790. The van der Waals surface area contributed by atoms with Crippen molar-refractivity contribution in [3.05, 3.63) is 11.6 Å². The summed E-state index contributed by atoms with van der Waals surface area (Å²) in [6.45, 7) is 4.37. The van der Waals surface area contributed by atoms with Gasteiger partial charge in [-0.1, -0.05) is 71.3 Å². The van der Waals surface area contributed by atoms with Crippen LogP contribution in [0.2, 0.25) is 0 Å². The Morgan fingerprint density at radius 1 is 0.895 bits per heavy atom. The van der Waals surface area contributed by atoms with Crippen molar-refractivity contribution in [1.29, 1.82) is 0 Å². The minimum Gasteiger partial charge on any atom is -0.466 e. The average molecular weight is 268 g/mol. The van der Waals surface area contributed by atoms with Crippen molar-refractivity contribution in [3.8, 4) is 0 Å². The maximum Gasteiger partial charge on any atom is 0.333 e. The molecule has 0 saturated carbocycles. The summed E-state index contributed by atoms with van der Waals surface area (Å²) in [5.41, 5.74) is 0.871. The highest BCUT2D eigenvalue weighted by molar-refractivity contribution is 5.88. The second-order valence-electron chi connectivity index (χ2n) is 5.23. The summed E-state index contributed by atoms with van der Waals surface area (Å²) in [7, 11) is 1.47. The van der Waals surface area contributed by atoms with Gasteiger partial charge in [-0.3, -0.25) is 0 Å². The third-order valence-corrected chi connectivity index (χ3v) is 3.43. The summed E-state index contributed by atoms with van der Waals surface area (Å²) in [5, 5.41) is 0. The standard InChI is InChI=1S/C17H32O2/c1-4-6-8-9-10-11-12-13-15-16(14-7-5-2)17(18)19-3/h14H,4-13,15H2,1-3H3. The van der Waals surface area contributed by atoms with Crippen LogP contribution in [-0.2, 0) is 9.53 Å². The number of esters is 1. The summed E-state index contributed by atoms with van der Waals surface area (Å²) >= 11 is 0. The monoisotopic (exact) mass is 268 g/mol. The molecule has 0 unspecified atom stereocenters. The van der Waals surface area contributed by atoms with Gasteiger partial charge in [0.2, 0.25) is 0 Å². The van der Waals surface area contributed by atoms with E-state index in [2.05, 4.69) is 13.8 Å². The fraction of sp³-hybridized carbons (Fsp3) is 0.824. The van der Waals surface area contributed by atoms with Crippen LogP contribution in [-0.4, -0.2) is 13.1 Å². The number of rotatable bonds is 12. The molecule has 0 radical (unpaired) electrons. The fourth-order valence-electron chi connectivity index (χ4n) is 2.19. The zero-order valence-corrected chi connectivity index (χ0v) is 13.2. The Morgan fingerprint density at radius 3 is 2.00 bits per heavy atom. The second-order valence-corrected chi connectivity index (χ2v) is 5.23. The Labute approximate surface area is 119 Å². The van der Waals surface area contributed by atoms with Crippen LogP contribution in [0.25, 0.3) is 0 Å². The van der Waals surface area contributed by atoms with E-state index >= 15 is 0 Å². The van der Waals surface area contributed by atoms with Gasteiger partial charge in [0.05, 0.1) is 7.11 Å². The summed E-state index contributed by atoms with van der Waals surface area (Å²) in [4.78, 5) is 11.6. The Morgan fingerprint density at radius 2 is 1.47 bits per heavy atom. The summed E-state index contributed by atoms with van der Waals surface area (Å²) in [5.74, 6) is -0.142. The van der Waals surface area contributed by atoms with Gasteiger partial charge in [0, 0.05) is 5.57 Å². The highest BCUT2D eigenvalue weighted by atomic mass is 16.5. The Kier molecular flexibility index (Phi) is 13.1. The molecule has 0 N–H and O–H groups in total. The first kappa shape index (κ1) is 18.2. The van der Waals surface area contributed by atoms with Crippen molar-refractivity contribution in [2.75, 3.05) is 7.11 Å². The molecule has 0 aliphatic rings. The summed E-state index contributed by atoms with van der Waals surface area (Å²) in [6, 6.07) is 0. The fourth-order valence-corrected chi connectivity index (χ4v) is 2.19. The Bertz CT molecular complexity index is 244. The van der Waals surface area contributed by atoms with Crippen molar-refractivity contribution < 1.29 is 9.53 Å². The van der Waals surface area contributed by atoms with Crippen LogP contribution in [0, 0.1) is 0 Å². The molecule has 0 aliphatic carbocycles. The zero-order chi connectivity index (χ0) is 14.3. The summed E-state index contributed by atoms with van der Waals surface area (Å²) in [6.07, 6.45) is 15.4. The van der Waals surface area contributed by atoms with Crippen LogP contribution >= 0.6 is 0 Å². The van der Waals surface area contributed by atoms with E-state index in [-0.39, 0.29) is 5.97 Å². The van der Waals surface area contributed by atoms with Crippen molar-refractivity contribution in [1.82, 2.24) is 0 Å². The lowest BCUT2D eigenvalue weighted by Gasteiger charge is -2.06. The maximum absolute atomic E-state index is 11.6. The Balaban J connectivity index is 3.67. The molecule has 2 heteroatoms. The SMILES string of the molecule is CCCC=C(CCCCCCCCCC)C(=O)OC. The van der Waals surface area contributed by atoms with Crippen LogP contribution in [0.5, 0.6) is 0 Å². The first-order valence-electron chi connectivity index (χ1n) is 8.03. The largest absolute Gasteiger partial charge is 0.466 e. The van der Waals surface area contributed by atoms with Gasteiger partial charge < -0.3 is 4.74 Å². The molecule has 112 valence electrons. The number of hydrogen-bond acceptors (Lipinski definition) is 2. The van der Waals surface area contributed by atoms with Crippen LogP contribution in [0.1, 0.15) is 84.5 Å². The third-order valence-electron chi connectivity index (χ3n) is 3.43. The molecule has 0 aromatic carbocycles. The highest BCUT2D eigenvalue weighted by Crippen LogP contribution is 2.14. The van der Waals surface area contributed by atoms with E-state index in [1.807, 2.05) is 6.08 Å². The summed E-state index contributed by atoms with van der Waals surface area (Å²) < 4.78 is 4.82. The van der Waals surface area contributed by atoms with Crippen LogP contribution in [0.15, 0.2) is 11.6 Å². The van der Waals surface area contributed by atoms with E-state index in [0.29, 0.717) is 0 Å². The number of carbonyl (C=O) groups is 1. The number of ether oxygens (including phenoxy) is 1. The molecule has 0 heterocycles. The minimum atomic E-state index is -0.142. The molecule has 0 amide bonds. The van der Waals surface area contributed by atoms with Gasteiger partial charge in [-0.2, -0.15) is 0 Å². The third kappa shape index (κ3) is 10.8. The molecule has 0 atom stereocenters. The highest BCUT2D eigenvalue weighted by Gasteiger charge is 2.08. The van der Waals surface area contributed by atoms with E-state index < -0.39 is 0 Å². The number of hydrogen-bond donors (Lipinski definition) is 0. The topological polar surface area (TPSA) is 26.3 Å². The molecule has 0 aliphatic heterocycles. The zero-order valence-electron chi connectivity index (χ0n) is 13.2. The van der Waals surface area contributed by atoms with Crippen molar-refractivity contribution >= 4 is 5.97 Å². The average Bonchev–Trinajstić information content (AvgIpc) is 2.44. The molecule has 2 nitrogen and oxygen atoms in total. The van der Waals surface area contributed by atoms with E-state index in [9.17, 15) is 4.79 Å². The van der Waals surface area contributed by atoms with Gasteiger partial charge in [-0.25, -0.2) is 4.79 Å². The van der Waals surface area contributed by atoms with Gasteiger partial charge in [0.15, 0.2) is 0 Å². The van der Waals surface area contributed by atoms with Crippen molar-refractivity contribution in [2.24, 2.45) is 0 Å². The predicted molar refractivity (Wildman–Crippen MR) is 82.2 cm³/mol. The molecule has 0 spiro atoms. The quantitative estimate of drug-likeness (QED) is 0.268. The van der Waals surface area contributed by atoms with Gasteiger partial charge in [0.1, 0.15) is 0 Å². The molecule has 0 aromatic rings. The first-order chi connectivity index (χ1) is 9.26. The van der Waals surface area contributed by atoms with Crippen molar-refractivity contribution in [3.63, 3.8) is 0 Å². The van der Waals surface area contributed by atoms with E-state index in [4.69, 9.17) is 4.74 Å². The van der Waals surface area contributed by atoms with Gasteiger partial charge in [-0.05, 0) is 19.3 Å². The van der Waals surface area contributed by atoms with Crippen molar-refractivity contribution in [2.45, 2.75) is 84.5 Å². The first-order valence-corrected chi connectivity index (χ1v) is 8.03. The molecule has 0 saturated heterocycles. The molecule has 0 bridgehead atoms. The smallest absolute Gasteiger partial charge is 0.333 e. The lowest BCUT2D eigenvalue weighted by molar-refractivity contribution is -0.136. The van der Waals surface area contributed by atoms with Gasteiger partial charge in [-0.15, -0.1) is 0 Å². The molecule has 0 fully saturated rings. The normalized spacial score (nSPS) is 11.6. The van der Waals surface area contributed by atoms with Crippen LogP contribution < -0.4 is 0 Å². The lowest BCUT2D eigenvalue weighted by Crippen LogP contribution is -2.05. The van der Waals surface area contributed by atoms with Crippen LogP contribution in [0.4, 0.5) is 0 Å². The number of methoxy groups -OCH3 is 1. The predicted octanol–water partition coefficient (Wildman–Crippen LogP) is 5.42. The van der Waals surface area contributed by atoms with E-state index in [1.165, 1.54) is 52.1 Å². The minimum absolute atomic E-state index is 0.142. The second kappa shape index (κ2) is 13.6. The number of carbonyl (C=O) groups excluding carboxylic acids is 1. The molecule has 0 aromatic heterocycles. The number of unbranched alkanes of at least 4 members (excludes halogenated alkanes) is 8. The van der Waals surface area contributed by atoms with E-state index in [0.717, 1.165) is 31.3 Å². The molecule has 0 rings (SSSR count). The van der Waals surface area contributed by atoms with Crippen LogP contribution in [0.3, 0.4) is 0 Å².